The molecule has 3 N–H and O–H groups in total. The van der Waals surface area contributed by atoms with Gasteiger partial charge < -0.3 is 24.8 Å². The van der Waals surface area contributed by atoms with Gasteiger partial charge in [-0.1, -0.05) is 13.8 Å². The lowest BCUT2D eigenvalue weighted by Crippen LogP contribution is -2.26. The lowest BCUT2D eigenvalue weighted by atomic mass is 9.92. The van der Waals surface area contributed by atoms with Gasteiger partial charge in [0.1, 0.15) is 18.1 Å². The van der Waals surface area contributed by atoms with Crippen LogP contribution in [0.4, 0.5) is 0 Å². The summed E-state index contributed by atoms with van der Waals surface area (Å²) in [4.78, 5) is 35.7. The Balaban J connectivity index is 0.00000625. The quantitative estimate of drug-likeness (QED) is 0.482. The predicted molar refractivity (Wildman–Crippen MR) is 92.6 cm³/mol. The first-order valence-electron chi connectivity index (χ1n) is 8.04. The van der Waals surface area contributed by atoms with Gasteiger partial charge in [0.2, 0.25) is 0 Å². The second-order valence-corrected chi connectivity index (χ2v) is 5.57. The number of Topliss-reactive ketones (excluding diaryl/α,β-unsaturated/α-hetero) is 1. The van der Waals surface area contributed by atoms with Crippen molar-refractivity contribution < 1.29 is 39.2 Å². The molecule has 1 aromatic carbocycles. The normalized spacial score (nSPS) is 12.3. The lowest BCUT2D eigenvalue weighted by molar-refractivity contribution is -0.145. The molecule has 0 aliphatic rings. The molecule has 2 atom stereocenters. The van der Waals surface area contributed by atoms with Gasteiger partial charge in [0, 0.05) is 6.42 Å². The van der Waals surface area contributed by atoms with E-state index in [0.717, 1.165) is 0 Å². The average molecular weight is 370 g/mol. The second kappa shape index (κ2) is 12.0. The Morgan fingerprint density at radius 1 is 1.15 bits per heavy atom. The molecule has 0 aliphatic carbocycles. The van der Waals surface area contributed by atoms with Gasteiger partial charge in [-0.25, -0.2) is 4.79 Å². The molecule has 0 aliphatic heterocycles. The highest BCUT2D eigenvalue weighted by Crippen LogP contribution is 2.18. The summed E-state index contributed by atoms with van der Waals surface area (Å²) in [5.41, 5.74) is 0.300. The molecular weight excluding hydrogens is 344 g/mol. The minimum absolute atomic E-state index is 0. The van der Waals surface area contributed by atoms with Crippen LogP contribution in [0, 0.1) is 11.8 Å². The van der Waals surface area contributed by atoms with Crippen molar-refractivity contribution in [1.82, 2.24) is 0 Å². The van der Waals surface area contributed by atoms with Gasteiger partial charge in [-0.2, -0.15) is 0 Å². The Morgan fingerprint density at radius 3 is 2.27 bits per heavy atom. The predicted octanol–water partition coefficient (Wildman–Crippen LogP) is 1.14. The molecule has 1 aromatic rings. The van der Waals surface area contributed by atoms with Crippen LogP contribution in [-0.2, 0) is 19.1 Å². The molecule has 146 valence electrons. The van der Waals surface area contributed by atoms with E-state index in [1.54, 1.807) is 13.8 Å². The molecular formula is C18H26O8. The molecule has 0 spiro atoms. The van der Waals surface area contributed by atoms with Crippen LogP contribution in [0.3, 0.4) is 0 Å². The third kappa shape index (κ3) is 7.20. The van der Waals surface area contributed by atoms with Gasteiger partial charge in [-0.3, -0.25) is 9.59 Å². The largest absolute Gasteiger partial charge is 0.469 e. The van der Waals surface area contributed by atoms with Crippen LogP contribution in [0.1, 0.15) is 37.0 Å². The first-order valence-corrected chi connectivity index (χ1v) is 8.04. The van der Waals surface area contributed by atoms with Crippen molar-refractivity contribution in [2.24, 2.45) is 11.8 Å². The molecule has 0 heterocycles. The van der Waals surface area contributed by atoms with Gasteiger partial charge in [-0.15, -0.1) is 0 Å². The molecule has 2 unspecified atom stereocenters. The summed E-state index contributed by atoms with van der Waals surface area (Å²) in [6, 6.07) is 6.06. The van der Waals surface area contributed by atoms with Crippen molar-refractivity contribution in [3.63, 3.8) is 0 Å². The topological polar surface area (TPSA) is 131 Å². The van der Waals surface area contributed by atoms with Crippen molar-refractivity contribution >= 4 is 17.7 Å². The minimum Gasteiger partial charge on any atom is -0.469 e. The van der Waals surface area contributed by atoms with Crippen LogP contribution in [-0.4, -0.2) is 48.8 Å². The Kier molecular flexibility index (Phi) is 10.9. The van der Waals surface area contributed by atoms with Crippen LogP contribution >= 0.6 is 0 Å². The Morgan fingerprint density at radius 2 is 1.77 bits per heavy atom. The molecule has 0 amide bonds. The van der Waals surface area contributed by atoms with E-state index in [9.17, 15) is 14.4 Å². The van der Waals surface area contributed by atoms with E-state index in [4.69, 9.17) is 14.6 Å². The van der Waals surface area contributed by atoms with E-state index in [1.807, 2.05) is 0 Å². The number of hydrogen-bond acceptors (Lipinski definition) is 7. The van der Waals surface area contributed by atoms with Crippen LogP contribution in [0.25, 0.3) is 0 Å². The van der Waals surface area contributed by atoms with E-state index < -0.39 is 30.6 Å². The highest BCUT2D eigenvalue weighted by atomic mass is 16.6. The fourth-order valence-electron chi connectivity index (χ4n) is 2.33. The van der Waals surface area contributed by atoms with Crippen molar-refractivity contribution in [3.05, 3.63) is 29.8 Å². The second-order valence-electron chi connectivity index (χ2n) is 5.57. The number of carbonyl (C=O) groups is 3. The van der Waals surface area contributed by atoms with Crippen molar-refractivity contribution in [2.75, 3.05) is 20.5 Å². The lowest BCUT2D eigenvalue weighted by Gasteiger charge is -2.18. The summed E-state index contributed by atoms with van der Waals surface area (Å²) in [5, 5.41) is 8.67. The minimum atomic E-state index is -0.574. The fourth-order valence-corrected chi connectivity index (χ4v) is 2.33. The monoisotopic (exact) mass is 370 g/mol. The van der Waals surface area contributed by atoms with E-state index in [0.29, 0.717) is 17.7 Å². The van der Waals surface area contributed by atoms with E-state index >= 15 is 0 Å². The Labute approximate surface area is 152 Å². The van der Waals surface area contributed by atoms with Gasteiger partial charge in [-0.05, 0) is 30.7 Å². The smallest absolute Gasteiger partial charge is 0.338 e. The SMILES string of the molecule is CCC(=O)C(COC(=O)c1ccc(OCO)cc1)CC(C)C(=O)OC.O. The van der Waals surface area contributed by atoms with Gasteiger partial charge >= 0.3 is 11.9 Å². The standard InChI is InChI=1S/C18H24O7.H2O/c1-4-16(20)14(9-12(2)17(21)23-3)10-24-18(22)13-5-7-15(8-6-13)25-11-19;/h5-8,12,14,19H,4,9-11H2,1-3H3;1H2. The maximum atomic E-state index is 12.1. The molecule has 8 heteroatoms. The molecule has 26 heavy (non-hydrogen) atoms. The van der Waals surface area contributed by atoms with Crippen molar-refractivity contribution in [2.45, 2.75) is 26.7 Å². The van der Waals surface area contributed by atoms with Crippen LogP contribution in [0.5, 0.6) is 5.75 Å². The molecule has 8 nitrogen and oxygen atoms in total. The zero-order valence-electron chi connectivity index (χ0n) is 15.2. The number of methoxy groups -OCH3 is 1. The molecule has 0 aromatic heterocycles. The van der Waals surface area contributed by atoms with Crippen LogP contribution < -0.4 is 4.74 Å². The summed E-state index contributed by atoms with van der Waals surface area (Å²) in [7, 11) is 1.29. The van der Waals surface area contributed by atoms with Gasteiger partial charge in [0.25, 0.3) is 0 Å². The first kappa shape index (κ1) is 23.5. The summed E-state index contributed by atoms with van der Waals surface area (Å²) >= 11 is 0. The number of aliphatic hydroxyl groups excluding tert-OH is 1. The number of hydrogen-bond donors (Lipinski definition) is 1. The Hall–Kier alpha value is -2.45. The first-order chi connectivity index (χ1) is 11.9. The summed E-state index contributed by atoms with van der Waals surface area (Å²) in [6.45, 7) is 2.84. The van der Waals surface area contributed by atoms with Gasteiger partial charge in [0.15, 0.2) is 6.79 Å². The van der Waals surface area contributed by atoms with Crippen LogP contribution in [0.15, 0.2) is 24.3 Å². The summed E-state index contributed by atoms with van der Waals surface area (Å²) in [6.07, 6.45) is 0.555. The van der Waals surface area contributed by atoms with Crippen molar-refractivity contribution in [3.8, 4) is 5.75 Å². The summed E-state index contributed by atoms with van der Waals surface area (Å²) in [5.74, 6) is -1.64. The third-order valence-corrected chi connectivity index (χ3v) is 3.78. The molecule has 0 saturated carbocycles. The molecule has 0 fully saturated rings. The molecule has 0 saturated heterocycles. The maximum absolute atomic E-state index is 12.1. The van der Waals surface area contributed by atoms with Crippen LogP contribution in [0.2, 0.25) is 0 Å². The van der Waals surface area contributed by atoms with Gasteiger partial charge in [0.05, 0.1) is 24.5 Å². The fraction of sp³-hybridized carbons (Fsp3) is 0.500. The van der Waals surface area contributed by atoms with E-state index in [1.165, 1.54) is 31.4 Å². The highest BCUT2D eigenvalue weighted by Gasteiger charge is 2.25. The molecule has 0 radical (unpaired) electrons. The average Bonchev–Trinajstić information content (AvgIpc) is 2.64. The van der Waals surface area contributed by atoms with E-state index in [2.05, 4.69) is 4.74 Å². The number of ether oxygens (including phenoxy) is 3. The number of benzene rings is 1. The molecule has 0 bridgehead atoms. The van der Waals surface area contributed by atoms with E-state index in [-0.39, 0.29) is 24.3 Å². The third-order valence-electron chi connectivity index (χ3n) is 3.78. The Bertz CT molecular complexity index is 581. The number of rotatable bonds is 10. The number of esters is 2. The maximum Gasteiger partial charge on any atom is 0.338 e. The van der Waals surface area contributed by atoms with Crippen molar-refractivity contribution in [1.29, 1.82) is 0 Å². The zero-order valence-corrected chi connectivity index (χ0v) is 15.2. The number of carbonyl (C=O) groups excluding carboxylic acids is 3. The number of ketones is 1. The summed E-state index contributed by atoms with van der Waals surface area (Å²) < 4.78 is 14.8. The highest BCUT2D eigenvalue weighted by molar-refractivity contribution is 5.90. The number of aliphatic hydroxyl groups is 1. The molecule has 1 rings (SSSR count). The zero-order chi connectivity index (χ0) is 18.8.